The molecule has 1 heterocycles. The molecule has 4 N–H and O–H groups in total. The van der Waals surface area contributed by atoms with Gasteiger partial charge in [0.05, 0.1) is 25.4 Å². The maximum Gasteiger partial charge on any atom is 0.0881 e. The zero-order valence-electron chi connectivity index (χ0n) is 8.98. The molecule has 0 aromatic carbocycles. The summed E-state index contributed by atoms with van der Waals surface area (Å²) in [5.74, 6) is 0.503. The Kier molecular flexibility index (Phi) is 5.49. The smallest absolute Gasteiger partial charge is 0.0881 e. The summed E-state index contributed by atoms with van der Waals surface area (Å²) < 4.78 is 5.23. The summed E-state index contributed by atoms with van der Waals surface area (Å²) in [4.78, 5) is 0. The van der Waals surface area contributed by atoms with Crippen molar-refractivity contribution in [2.24, 2.45) is 5.92 Å². The van der Waals surface area contributed by atoms with Crippen molar-refractivity contribution in [3.8, 4) is 0 Å². The number of rotatable bonds is 6. The van der Waals surface area contributed by atoms with Gasteiger partial charge in [-0.1, -0.05) is 0 Å². The predicted molar refractivity (Wildman–Crippen MR) is 55.5 cm³/mol. The van der Waals surface area contributed by atoms with Crippen LogP contribution in [0.15, 0.2) is 0 Å². The lowest BCUT2D eigenvalue weighted by Crippen LogP contribution is -2.56. The molecule has 1 saturated heterocycles. The molecule has 0 aromatic rings. The fourth-order valence-corrected chi connectivity index (χ4v) is 1.63. The van der Waals surface area contributed by atoms with Crippen molar-refractivity contribution in [3.63, 3.8) is 0 Å². The van der Waals surface area contributed by atoms with E-state index in [9.17, 15) is 0 Å². The average Bonchev–Trinajstić information content (AvgIpc) is 2.33. The summed E-state index contributed by atoms with van der Waals surface area (Å²) in [5, 5.41) is 30.3. The first-order chi connectivity index (χ1) is 7.26. The second-order valence-corrected chi connectivity index (χ2v) is 4.19. The SMILES string of the molecule is OCC(CO)(CO)NCC1CCOCC1. The molecule has 0 atom stereocenters. The summed E-state index contributed by atoms with van der Waals surface area (Å²) in [6.07, 6.45) is 1.98. The molecule has 1 aliphatic rings. The van der Waals surface area contributed by atoms with Crippen LogP contribution in [0.5, 0.6) is 0 Å². The van der Waals surface area contributed by atoms with Crippen LogP contribution in [-0.4, -0.2) is 60.4 Å². The third kappa shape index (κ3) is 3.70. The quantitative estimate of drug-likeness (QED) is 0.447. The molecule has 0 amide bonds. The van der Waals surface area contributed by atoms with E-state index in [1.165, 1.54) is 0 Å². The Hall–Kier alpha value is -0.200. The van der Waals surface area contributed by atoms with Gasteiger partial charge in [0.2, 0.25) is 0 Å². The van der Waals surface area contributed by atoms with Gasteiger partial charge in [-0.05, 0) is 25.3 Å². The van der Waals surface area contributed by atoms with Crippen LogP contribution < -0.4 is 5.32 Å². The largest absolute Gasteiger partial charge is 0.394 e. The van der Waals surface area contributed by atoms with Crippen LogP contribution in [-0.2, 0) is 4.74 Å². The fraction of sp³-hybridized carbons (Fsp3) is 1.00. The molecule has 1 aliphatic heterocycles. The van der Waals surface area contributed by atoms with Crippen molar-refractivity contribution in [1.29, 1.82) is 0 Å². The number of aliphatic hydroxyl groups is 3. The van der Waals surface area contributed by atoms with Crippen molar-refractivity contribution in [2.45, 2.75) is 18.4 Å². The van der Waals surface area contributed by atoms with E-state index in [-0.39, 0.29) is 19.8 Å². The number of nitrogens with one attached hydrogen (secondary N) is 1. The minimum absolute atomic E-state index is 0.261. The molecular formula is C10H21NO4. The van der Waals surface area contributed by atoms with E-state index in [1.807, 2.05) is 0 Å². The standard InChI is InChI=1S/C10H21NO4/c12-6-10(7-13,8-14)11-5-9-1-3-15-4-2-9/h9,11-14H,1-8H2. The van der Waals surface area contributed by atoms with Crippen LogP contribution >= 0.6 is 0 Å². The first-order valence-corrected chi connectivity index (χ1v) is 5.41. The molecule has 0 aliphatic carbocycles. The van der Waals surface area contributed by atoms with E-state index in [1.54, 1.807) is 0 Å². The molecule has 1 fully saturated rings. The molecule has 0 aromatic heterocycles. The summed E-state index contributed by atoms with van der Waals surface area (Å²) in [5.41, 5.74) is -0.946. The molecule has 0 saturated carbocycles. The van der Waals surface area contributed by atoms with E-state index in [2.05, 4.69) is 5.32 Å². The third-order valence-corrected chi connectivity index (χ3v) is 3.01. The fourth-order valence-electron chi connectivity index (χ4n) is 1.63. The molecular weight excluding hydrogens is 198 g/mol. The minimum Gasteiger partial charge on any atom is -0.394 e. The van der Waals surface area contributed by atoms with Gasteiger partial charge >= 0.3 is 0 Å². The normalized spacial score (nSPS) is 19.4. The first-order valence-electron chi connectivity index (χ1n) is 5.41. The molecule has 15 heavy (non-hydrogen) atoms. The van der Waals surface area contributed by atoms with Gasteiger partial charge in [-0.3, -0.25) is 0 Å². The van der Waals surface area contributed by atoms with Crippen LogP contribution in [0, 0.1) is 5.92 Å². The number of hydrogen-bond donors (Lipinski definition) is 4. The highest BCUT2D eigenvalue weighted by atomic mass is 16.5. The lowest BCUT2D eigenvalue weighted by molar-refractivity contribution is 0.0277. The number of hydrogen-bond acceptors (Lipinski definition) is 5. The zero-order valence-corrected chi connectivity index (χ0v) is 8.98. The molecule has 90 valence electrons. The highest BCUT2D eigenvalue weighted by Crippen LogP contribution is 2.14. The molecule has 0 unspecified atom stereocenters. The van der Waals surface area contributed by atoms with Crippen molar-refractivity contribution in [3.05, 3.63) is 0 Å². The van der Waals surface area contributed by atoms with Gasteiger partial charge in [-0.25, -0.2) is 0 Å². The zero-order chi connectivity index (χ0) is 11.1. The van der Waals surface area contributed by atoms with Gasteiger partial charge in [0.15, 0.2) is 0 Å². The Morgan fingerprint density at radius 1 is 1.07 bits per heavy atom. The van der Waals surface area contributed by atoms with Gasteiger partial charge in [-0.15, -0.1) is 0 Å². The molecule has 0 radical (unpaired) electrons. The van der Waals surface area contributed by atoms with Crippen molar-refractivity contribution >= 4 is 0 Å². The molecule has 1 rings (SSSR count). The van der Waals surface area contributed by atoms with Crippen LogP contribution in [0.2, 0.25) is 0 Å². The van der Waals surface area contributed by atoms with E-state index < -0.39 is 5.54 Å². The van der Waals surface area contributed by atoms with Gasteiger partial charge in [0.25, 0.3) is 0 Å². The van der Waals surface area contributed by atoms with Crippen molar-refractivity contribution in [1.82, 2.24) is 5.32 Å². The molecule has 5 heteroatoms. The van der Waals surface area contributed by atoms with Crippen LogP contribution in [0.25, 0.3) is 0 Å². The summed E-state index contributed by atoms with van der Waals surface area (Å²) in [6.45, 7) is 1.47. The Morgan fingerprint density at radius 3 is 2.07 bits per heavy atom. The first kappa shape index (κ1) is 12.9. The highest BCUT2D eigenvalue weighted by molar-refractivity contribution is 4.87. The van der Waals surface area contributed by atoms with E-state index in [0.29, 0.717) is 12.5 Å². The van der Waals surface area contributed by atoms with Crippen molar-refractivity contribution in [2.75, 3.05) is 39.6 Å². The van der Waals surface area contributed by atoms with Crippen LogP contribution in [0.1, 0.15) is 12.8 Å². The lowest BCUT2D eigenvalue weighted by atomic mass is 9.97. The Balaban J connectivity index is 2.31. The Morgan fingerprint density at radius 2 is 1.60 bits per heavy atom. The van der Waals surface area contributed by atoms with E-state index in [4.69, 9.17) is 20.1 Å². The predicted octanol–water partition coefficient (Wildman–Crippen LogP) is -1.28. The van der Waals surface area contributed by atoms with Gasteiger partial charge in [-0.2, -0.15) is 0 Å². The maximum atomic E-state index is 9.10. The van der Waals surface area contributed by atoms with Crippen LogP contribution in [0.3, 0.4) is 0 Å². The molecule has 5 nitrogen and oxygen atoms in total. The van der Waals surface area contributed by atoms with E-state index in [0.717, 1.165) is 26.1 Å². The van der Waals surface area contributed by atoms with Gasteiger partial charge < -0.3 is 25.4 Å². The van der Waals surface area contributed by atoms with Gasteiger partial charge in [0, 0.05) is 13.2 Å². The van der Waals surface area contributed by atoms with Crippen LogP contribution in [0.4, 0.5) is 0 Å². The second-order valence-electron chi connectivity index (χ2n) is 4.19. The molecule has 0 bridgehead atoms. The maximum absolute atomic E-state index is 9.10. The second kappa shape index (κ2) is 6.40. The average molecular weight is 219 g/mol. The summed E-state index contributed by atoms with van der Waals surface area (Å²) >= 11 is 0. The highest BCUT2D eigenvalue weighted by Gasteiger charge is 2.28. The topological polar surface area (TPSA) is 82.0 Å². The summed E-state index contributed by atoms with van der Waals surface area (Å²) in [7, 11) is 0. The molecule has 0 spiro atoms. The lowest BCUT2D eigenvalue weighted by Gasteiger charge is -2.32. The Labute approximate surface area is 90.1 Å². The van der Waals surface area contributed by atoms with E-state index >= 15 is 0 Å². The Bertz CT molecular complexity index is 159. The summed E-state index contributed by atoms with van der Waals surface area (Å²) in [6, 6.07) is 0. The third-order valence-electron chi connectivity index (χ3n) is 3.01. The number of ether oxygens (including phenoxy) is 1. The number of aliphatic hydroxyl groups excluding tert-OH is 3. The van der Waals surface area contributed by atoms with Gasteiger partial charge in [0.1, 0.15) is 0 Å². The monoisotopic (exact) mass is 219 g/mol. The minimum atomic E-state index is -0.946. The van der Waals surface area contributed by atoms with Crippen molar-refractivity contribution < 1.29 is 20.1 Å².